The van der Waals surface area contributed by atoms with Crippen molar-refractivity contribution < 1.29 is 4.79 Å². The highest BCUT2D eigenvalue weighted by Crippen LogP contribution is 2.23. The molecule has 6 heteroatoms. The number of carbonyl (C=O) groups is 1. The van der Waals surface area contributed by atoms with Crippen LogP contribution in [0.5, 0.6) is 0 Å². The van der Waals surface area contributed by atoms with E-state index in [1.807, 2.05) is 25.1 Å². The molecule has 1 aromatic carbocycles. The maximum absolute atomic E-state index is 12.2. The molecule has 3 N–H and O–H groups in total. The van der Waals surface area contributed by atoms with Gasteiger partial charge >= 0.3 is 0 Å². The van der Waals surface area contributed by atoms with Crippen LogP contribution in [0.4, 0.5) is 0 Å². The Hall–Kier alpha value is -1.66. The number of para-hydroxylation sites is 1. The molecule has 0 saturated heterocycles. The van der Waals surface area contributed by atoms with Crippen molar-refractivity contribution in [2.75, 3.05) is 19.6 Å². The van der Waals surface area contributed by atoms with Gasteiger partial charge in [-0.3, -0.25) is 9.59 Å². The Balaban J connectivity index is 2.31. The molecule has 2 aromatic rings. The number of aromatic amines is 1. The van der Waals surface area contributed by atoms with Crippen molar-refractivity contribution in [3.63, 3.8) is 0 Å². The number of hydrogen-bond donors (Lipinski definition) is 3. The van der Waals surface area contributed by atoms with E-state index in [1.54, 1.807) is 0 Å². The van der Waals surface area contributed by atoms with Gasteiger partial charge in [-0.05, 0) is 28.5 Å². The van der Waals surface area contributed by atoms with Gasteiger partial charge in [0.25, 0.3) is 5.91 Å². The van der Waals surface area contributed by atoms with Crippen molar-refractivity contribution in [2.24, 2.45) is 0 Å². The van der Waals surface area contributed by atoms with Gasteiger partial charge in [-0.15, -0.1) is 0 Å². The van der Waals surface area contributed by atoms with E-state index in [4.69, 9.17) is 0 Å². The van der Waals surface area contributed by atoms with Crippen molar-refractivity contribution in [3.8, 4) is 0 Å². The lowest BCUT2D eigenvalue weighted by Gasteiger charge is -2.08. The third-order valence-electron chi connectivity index (χ3n) is 2.91. The van der Waals surface area contributed by atoms with E-state index in [-0.39, 0.29) is 11.5 Å². The molecule has 0 unspecified atom stereocenters. The average molecular weight is 338 g/mol. The summed E-state index contributed by atoms with van der Waals surface area (Å²) in [7, 11) is 0. The second kappa shape index (κ2) is 6.67. The fourth-order valence-electron chi connectivity index (χ4n) is 1.97. The number of aromatic nitrogens is 1. The van der Waals surface area contributed by atoms with E-state index < -0.39 is 0 Å². The fourth-order valence-corrected chi connectivity index (χ4v) is 2.43. The minimum atomic E-state index is -0.291. The molecule has 0 aliphatic carbocycles. The van der Waals surface area contributed by atoms with Gasteiger partial charge in [0, 0.05) is 29.0 Å². The zero-order valence-corrected chi connectivity index (χ0v) is 12.7. The molecule has 0 aliphatic heterocycles. The van der Waals surface area contributed by atoms with Crippen molar-refractivity contribution >= 4 is 32.7 Å². The minimum absolute atomic E-state index is 0.239. The summed E-state index contributed by atoms with van der Waals surface area (Å²) >= 11 is 3.38. The first-order valence-corrected chi connectivity index (χ1v) is 7.23. The topological polar surface area (TPSA) is 74.0 Å². The third kappa shape index (κ3) is 3.26. The van der Waals surface area contributed by atoms with Gasteiger partial charge in [-0.1, -0.05) is 19.1 Å². The molecule has 0 radical (unpaired) electrons. The van der Waals surface area contributed by atoms with Crippen LogP contribution < -0.4 is 16.2 Å². The van der Waals surface area contributed by atoms with Crippen molar-refractivity contribution in [3.05, 3.63) is 44.7 Å². The Morgan fingerprint density at radius 3 is 2.90 bits per heavy atom. The number of benzene rings is 1. The third-order valence-corrected chi connectivity index (χ3v) is 3.57. The number of halogens is 1. The lowest BCUT2D eigenvalue weighted by atomic mass is 10.1. The van der Waals surface area contributed by atoms with E-state index in [9.17, 15) is 9.59 Å². The molecular formula is C14H16BrN3O2. The first-order valence-electron chi connectivity index (χ1n) is 6.44. The number of H-pyrrole nitrogens is 1. The summed E-state index contributed by atoms with van der Waals surface area (Å²) in [6.45, 7) is 4.09. The smallest absolute Gasteiger partial charge is 0.252 e. The second-order valence-corrected chi connectivity index (χ2v) is 5.17. The Labute approximate surface area is 124 Å². The fraction of sp³-hybridized carbons (Fsp3) is 0.286. The predicted molar refractivity (Wildman–Crippen MR) is 83.1 cm³/mol. The number of amides is 1. The molecule has 2 rings (SSSR count). The first-order chi connectivity index (χ1) is 9.63. The Morgan fingerprint density at radius 1 is 1.35 bits per heavy atom. The van der Waals surface area contributed by atoms with Crippen LogP contribution in [-0.2, 0) is 0 Å². The number of carbonyl (C=O) groups excluding carboxylic acids is 1. The molecule has 106 valence electrons. The summed E-state index contributed by atoms with van der Waals surface area (Å²) in [5, 5.41) is 6.65. The van der Waals surface area contributed by atoms with E-state index in [1.165, 1.54) is 6.07 Å². The summed E-state index contributed by atoms with van der Waals surface area (Å²) in [5.41, 5.74) is 0.736. The van der Waals surface area contributed by atoms with Gasteiger partial charge in [0.2, 0.25) is 5.56 Å². The van der Waals surface area contributed by atoms with Gasteiger partial charge in [-0.25, -0.2) is 0 Å². The van der Waals surface area contributed by atoms with Crippen LogP contribution in [0.2, 0.25) is 0 Å². The molecule has 0 fully saturated rings. The maximum atomic E-state index is 12.2. The van der Waals surface area contributed by atoms with E-state index in [2.05, 4.69) is 31.5 Å². The second-order valence-electron chi connectivity index (χ2n) is 4.32. The number of rotatable bonds is 5. The van der Waals surface area contributed by atoms with Crippen LogP contribution in [0.15, 0.2) is 33.5 Å². The van der Waals surface area contributed by atoms with E-state index in [0.29, 0.717) is 24.2 Å². The Morgan fingerprint density at radius 2 is 2.15 bits per heavy atom. The zero-order valence-electron chi connectivity index (χ0n) is 11.1. The lowest BCUT2D eigenvalue weighted by Crippen LogP contribution is -2.32. The minimum Gasteiger partial charge on any atom is -0.351 e. The Bertz CT molecular complexity index is 682. The van der Waals surface area contributed by atoms with Crippen molar-refractivity contribution in [1.82, 2.24) is 15.6 Å². The van der Waals surface area contributed by atoms with Crippen LogP contribution in [0, 0.1) is 0 Å². The Kier molecular flexibility index (Phi) is 4.92. The molecular weight excluding hydrogens is 322 g/mol. The normalized spacial score (nSPS) is 10.7. The van der Waals surface area contributed by atoms with Gasteiger partial charge in [0.05, 0.1) is 11.1 Å². The molecule has 5 nitrogen and oxygen atoms in total. The summed E-state index contributed by atoms with van der Waals surface area (Å²) < 4.78 is 0.759. The summed E-state index contributed by atoms with van der Waals surface area (Å²) in [4.78, 5) is 26.6. The molecule has 0 saturated carbocycles. The van der Waals surface area contributed by atoms with Crippen molar-refractivity contribution in [1.29, 1.82) is 0 Å². The van der Waals surface area contributed by atoms with Crippen LogP contribution in [0.25, 0.3) is 10.9 Å². The van der Waals surface area contributed by atoms with Crippen LogP contribution in [0.1, 0.15) is 17.3 Å². The first kappa shape index (κ1) is 14.7. The van der Waals surface area contributed by atoms with Gasteiger partial charge in [0.1, 0.15) is 0 Å². The highest BCUT2D eigenvalue weighted by molar-refractivity contribution is 9.10. The van der Waals surface area contributed by atoms with Crippen LogP contribution in [-0.4, -0.2) is 30.5 Å². The monoisotopic (exact) mass is 337 g/mol. The van der Waals surface area contributed by atoms with Gasteiger partial charge in [0.15, 0.2) is 0 Å². The predicted octanol–water partition coefficient (Wildman–Crippen LogP) is 1.63. The van der Waals surface area contributed by atoms with Gasteiger partial charge in [-0.2, -0.15) is 0 Å². The van der Waals surface area contributed by atoms with E-state index in [0.717, 1.165) is 16.4 Å². The molecule has 1 amide bonds. The zero-order chi connectivity index (χ0) is 14.5. The maximum Gasteiger partial charge on any atom is 0.252 e. The largest absolute Gasteiger partial charge is 0.351 e. The van der Waals surface area contributed by atoms with Crippen LogP contribution >= 0.6 is 15.9 Å². The molecule has 20 heavy (non-hydrogen) atoms. The standard InChI is InChI=1S/C14H16BrN3O2/c1-2-16-6-7-17-14(20)10-8-12(19)18-13-9(10)4-3-5-11(13)15/h3-5,8,16H,2,6-7H2,1H3,(H,17,20)(H,18,19). The highest BCUT2D eigenvalue weighted by atomic mass is 79.9. The van der Waals surface area contributed by atoms with Crippen LogP contribution in [0.3, 0.4) is 0 Å². The summed E-state index contributed by atoms with van der Waals surface area (Å²) in [6.07, 6.45) is 0. The molecule has 0 atom stereocenters. The quantitative estimate of drug-likeness (QED) is 0.726. The van der Waals surface area contributed by atoms with Gasteiger partial charge < -0.3 is 15.6 Å². The van der Waals surface area contributed by atoms with Crippen molar-refractivity contribution in [2.45, 2.75) is 6.92 Å². The highest BCUT2D eigenvalue weighted by Gasteiger charge is 2.12. The molecule has 0 bridgehead atoms. The number of hydrogen-bond acceptors (Lipinski definition) is 3. The molecule has 1 aromatic heterocycles. The number of nitrogens with one attached hydrogen (secondary N) is 3. The average Bonchev–Trinajstić information content (AvgIpc) is 2.43. The van der Waals surface area contributed by atoms with E-state index >= 15 is 0 Å². The SMILES string of the molecule is CCNCCNC(=O)c1cc(=O)[nH]c2c(Br)cccc12. The number of pyridine rings is 1. The summed E-state index contributed by atoms with van der Waals surface area (Å²) in [6, 6.07) is 6.80. The molecule has 0 spiro atoms. The summed E-state index contributed by atoms with van der Waals surface area (Å²) in [5.74, 6) is -0.239. The molecule has 0 aliphatic rings. The number of likely N-dealkylation sites (N-methyl/N-ethyl adjacent to an activating group) is 1. The molecule has 1 heterocycles. The lowest BCUT2D eigenvalue weighted by molar-refractivity contribution is 0.0955. The number of fused-ring (bicyclic) bond motifs is 1.